The number of hydrogen-bond acceptors (Lipinski definition) is 2. The van der Waals surface area contributed by atoms with Crippen molar-refractivity contribution in [3.8, 4) is 5.75 Å². The SMILES string of the molecule is COc1cccc(C(C)NCCc2ccc(Cl)c(Cl)c2)c1. The fraction of sp³-hybridized carbons (Fsp3) is 0.294. The van der Waals surface area contributed by atoms with Gasteiger partial charge in [-0.1, -0.05) is 41.4 Å². The summed E-state index contributed by atoms with van der Waals surface area (Å²) < 4.78 is 5.25. The van der Waals surface area contributed by atoms with Gasteiger partial charge in [-0.2, -0.15) is 0 Å². The summed E-state index contributed by atoms with van der Waals surface area (Å²) in [7, 11) is 1.68. The molecule has 0 saturated heterocycles. The van der Waals surface area contributed by atoms with Gasteiger partial charge in [-0.25, -0.2) is 0 Å². The third-order valence-electron chi connectivity index (χ3n) is 3.44. The van der Waals surface area contributed by atoms with Crippen LogP contribution in [0.4, 0.5) is 0 Å². The molecule has 2 aromatic carbocycles. The lowest BCUT2D eigenvalue weighted by Crippen LogP contribution is -2.21. The third-order valence-corrected chi connectivity index (χ3v) is 4.18. The van der Waals surface area contributed by atoms with Crippen molar-refractivity contribution in [3.05, 3.63) is 63.6 Å². The zero-order chi connectivity index (χ0) is 15.2. The van der Waals surface area contributed by atoms with Gasteiger partial charge in [-0.3, -0.25) is 0 Å². The van der Waals surface area contributed by atoms with E-state index in [4.69, 9.17) is 27.9 Å². The molecule has 1 atom stereocenters. The van der Waals surface area contributed by atoms with Gasteiger partial charge in [0.2, 0.25) is 0 Å². The van der Waals surface area contributed by atoms with Crippen molar-refractivity contribution >= 4 is 23.2 Å². The molecule has 2 aromatic rings. The standard InChI is InChI=1S/C17H19Cl2NO/c1-12(14-4-3-5-15(11-14)21-2)20-9-8-13-6-7-16(18)17(19)10-13/h3-7,10-12,20H,8-9H2,1-2H3. The van der Waals surface area contributed by atoms with Gasteiger partial charge in [0.05, 0.1) is 17.2 Å². The summed E-state index contributed by atoms with van der Waals surface area (Å²) in [6.07, 6.45) is 0.908. The molecule has 1 unspecified atom stereocenters. The van der Waals surface area contributed by atoms with E-state index in [1.807, 2.05) is 30.3 Å². The molecule has 0 aliphatic rings. The second-order valence-corrected chi connectivity index (χ2v) is 5.77. The number of benzene rings is 2. The molecule has 0 radical (unpaired) electrons. The Labute approximate surface area is 136 Å². The number of hydrogen-bond donors (Lipinski definition) is 1. The first-order valence-corrected chi connectivity index (χ1v) is 7.67. The van der Waals surface area contributed by atoms with E-state index in [2.05, 4.69) is 24.4 Å². The first-order valence-electron chi connectivity index (χ1n) is 6.91. The number of rotatable bonds is 6. The largest absolute Gasteiger partial charge is 0.497 e. The molecule has 0 aliphatic heterocycles. The van der Waals surface area contributed by atoms with Gasteiger partial charge in [-0.05, 0) is 55.3 Å². The summed E-state index contributed by atoms with van der Waals surface area (Å²) in [5.74, 6) is 0.880. The van der Waals surface area contributed by atoms with Crippen molar-refractivity contribution < 1.29 is 4.74 Å². The number of nitrogens with one attached hydrogen (secondary N) is 1. The molecule has 0 saturated carbocycles. The van der Waals surface area contributed by atoms with Crippen LogP contribution in [0.25, 0.3) is 0 Å². The third kappa shape index (κ3) is 4.63. The minimum atomic E-state index is 0.267. The maximum Gasteiger partial charge on any atom is 0.119 e. The maximum absolute atomic E-state index is 6.02. The Morgan fingerprint density at radius 1 is 1.10 bits per heavy atom. The first-order chi connectivity index (χ1) is 10.1. The summed E-state index contributed by atoms with van der Waals surface area (Å²) in [6, 6.07) is 14.1. The van der Waals surface area contributed by atoms with E-state index in [-0.39, 0.29) is 6.04 Å². The van der Waals surface area contributed by atoms with Gasteiger partial charge < -0.3 is 10.1 Å². The van der Waals surface area contributed by atoms with E-state index in [1.54, 1.807) is 7.11 Å². The van der Waals surface area contributed by atoms with Crippen LogP contribution in [0.1, 0.15) is 24.1 Å². The van der Waals surface area contributed by atoms with Crippen molar-refractivity contribution in [2.45, 2.75) is 19.4 Å². The second kappa shape index (κ2) is 7.69. The van der Waals surface area contributed by atoms with Crippen molar-refractivity contribution in [2.24, 2.45) is 0 Å². The second-order valence-electron chi connectivity index (χ2n) is 4.95. The molecule has 21 heavy (non-hydrogen) atoms. The molecule has 0 amide bonds. The fourth-order valence-electron chi connectivity index (χ4n) is 2.16. The Morgan fingerprint density at radius 2 is 1.90 bits per heavy atom. The van der Waals surface area contributed by atoms with Crippen LogP contribution in [0.3, 0.4) is 0 Å². The van der Waals surface area contributed by atoms with Crippen LogP contribution in [0.15, 0.2) is 42.5 Å². The highest BCUT2D eigenvalue weighted by molar-refractivity contribution is 6.42. The van der Waals surface area contributed by atoms with Gasteiger partial charge >= 0.3 is 0 Å². The molecule has 0 heterocycles. The van der Waals surface area contributed by atoms with Gasteiger partial charge in [0.15, 0.2) is 0 Å². The molecule has 4 heteroatoms. The highest BCUT2D eigenvalue weighted by Gasteiger charge is 2.06. The molecule has 2 nitrogen and oxygen atoms in total. The summed E-state index contributed by atoms with van der Waals surface area (Å²) >= 11 is 11.9. The van der Waals surface area contributed by atoms with E-state index < -0.39 is 0 Å². The summed E-state index contributed by atoms with van der Waals surface area (Å²) in [4.78, 5) is 0. The number of ether oxygens (including phenoxy) is 1. The summed E-state index contributed by atoms with van der Waals surface area (Å²) in [6.45, 7) is 3.01. The molecular weight excluding hydrogens is 305 g/mol. The van der Waals surface area contributed by atoms with Crippen LogP contribution in [-0.2, 0) is 6.42 Å². The Bertz CT molecular complexity index is 601. The predicted molar refractivity (Wildman–Crippen MR) is 89.6 cm³/mol. The Morgan fingerprint density at radius 3 is 2.62 bits per heavy atom. The highest BCUT2D eigenvalue weighted by atomic mass is 35.5. The summed E-state index contributed by atoms with van der Waals surface area (Å²) in [5.41, 5.74) is 2.39. The molecule has 0 fully saturated rings. The van der Waals surface area contributed by atoms with Crippen molar-refractivity contribution in [2.75, 3.05) is 13.7 Å². The zero-order valence-electron chi connectivity index (χ0n) is 12.2. The molecule has 0 bridgehead atoms. The van der Waals surface area contributed by atoms with E-state index in [1.165, 1.54) is 11.1 Å². The van der Waals surface area contributed by atoms with Crippen molar-refractivity contribution in [3.63, 3.8) is 0 Å². The van der Waals surface area contributed by atoms with Crippen LogP contribution < -0.4 is 10.1 Å². The Kier molecular flexibility index (Phi) is 5.92. The molecule has 0 spiro atoms. The minimum absolute atomic E-state index is 0.267. The average Bonchev–Trinajstić information content (AvgIpc) is 2.50. The van der Waals surface area contributed by atoms with Gasteiger partial charge in [-0.15, -0.1) is 0 Å². The van der Waals surface area contributed by atoms with E-state index in [0.717, 1.165) is 18.7 Å². The number of halogens is 2. The lowest BCUT2D eigenvalue weighted by molar-refractivity contribution is 0.413. The Hall–Kier alpha value is -1.22. The lowest BCUT2D eigenvalue weighted by atomic mass is 10.1. The maximum atomic E-state index is 6.02. The van der Waals surface area contributed by atoms with Crippen LogP contribution in [0.5, 0.6) is 5.75 Å². The van der Waals surface area contributed by atoms with Crippen LogP contribution >= 0.6 is 23.2 Å². The van der Waals surface area contributed by atoms with Crippen LogP contribution in [0, 0.1) is 0 Å². The van der Waals surface area contributed by atoms with Gasteiger partial charge in [0, 0.05) is 6.04 Å². The smallest absolute Gasteiger partial charge is 0.119 e. The predicted octanol–water partition coefficient (Wildman–Crippen LogP) is 4.90. The number of methoxy groups -OCH3 is 1. The van der Waals surface area contributed by atoms with Crippen LogP contribution in [-0.4, -0.2) is 13.7 Å². The molecule has 112 valence electrons. The van der Waals surface area contributed by atoms with Crippen molar-refractivity contribution in [1.82, 2.24) is 5.32 Å². The van der Waals surface area contributed by atoms with E-state index >= 15 is 0 Å². The summed E-state index contributed by atoms with van der Waals surface area (Å²) in [5, 5.41) is 4.70. The average molecular weight is 324 g/mol. The molecular formula is C17H19Cl2NO. The van der Waals surface area contributed by atoms with E-state index in [0.29, 0.717) is 10.0 Å². The van der Waals surface area contributed by atoms with Gasteiger partial charge in [0.1, 0.15) is 5.75 Å². The zero-order valence-corrected chi connectivity index (χ0v) is 13.7. The molecule has 2 rings (SSSR count). The Balaban J connectivity index is 1.88. The van der Waals surface area contributed by atoms with E-state index in [9.17, 15) is 0 Å². The molecule has 1 N–H and O–H groups in total. The van der Waals surface area contributed by atoms with Gasteiger partial charge in [0.25, 0.3) is 0 Å². The topological polar surface area (TPSA) is 21.3 Å². The molecule has 0 aromatic heterocycles. The van der Waals surface area contributed by atoms with Crippen molar-refractivity contribution in [1.29, 1.82) is 0 Å². The fourth-order valence-corrected chi connectivity index (χ4v) is 2.48. The first kappa shape index (κ1) is 16.2. The van der Waals surface area contributed by atoms with Crippen LogP contribution in [0.2, 0.25) is 10.0 Å². The highest BCUT2D eigenvalue weighted by Crippen LogP contribution is 2.23. The quantitative estimate of drug-likeness (QED) is 0.816. The monoisotopic (exact) mass is 323 g/mol. The minimum Gasteiger partial charge on any atom is -0.497 e. The normalized spacial score (nSPS) is 12.2. The molecule has 0 aliphatic carbocycles. The lowest BCUT2D eigenvalue weighted by Gasteiger charge is -2.15.